The van der Waals surface area contributed by atoms with Crippen LogP contribution in [0.25, 0.3) is 0 Å². The first-order valence-electron chi connectivity index (χ1n) is 4.67. The maximum absolute atomic E-state index is 11.3. The lowest BCUT2D eigenvalue weighted by Crippen LogP contribution is -2.41. The minimum absolute atomic E-state index is 0. The number of carbonyl (C=O) groups is 1. The monoisotopic (exact) mass is 240 g/mol. The van der Waals surface area contributed by atoms with Crippen molar-refractivity contribution < 1.29 is 4.79 Å². The molecule has 5 heteroatoms. The molecule has 2 saturated heterocycles. The molecule has 0 radical (unpaired) electrons. The van der Waals surface area contributed by atoms with Crippen LogP contribution >= 0.6 is 24.8 Å². The minimum atomic E-state index is 0. The second kappa shape index (κ2) is 5.19. The number of halogens is 2. The number of nitrogens with zero attached hydrogens (tertiary/aromatic N) is 1. The third kappa shape index (κ3) is 2.53. The van der Waals surface area contributed by atoms with Gasteiger partial charge in [-0.1, -0.05) is 0 Å². The summed E-state index contributed by atoms with van der Waals surface area (Å²) in [4.78, 5) is 13.2. The van der Waals surface area contributed by atoms with E-state index in [0.717, 1.165) is 26.1 Å². The van der Waals surface area contributed by atoms with Crippen LogP contribution < -0.4 is 5.32 Å². The van der Waals surface area contributed by atoms with Crippen molar-refractivity contribution >= 4 is 30.7 Å². The van der Waals surface area contributed by atoms with Crippen LogP contribution in [0.3, 0.4) is 0 Å². The molecule has 2 aliphatic heterocycles. The Bertz CT molecular complexity index is 205. The smallest absolute Gasteiger partial charge is 0.223 e. The van der Waals surface area contributed by atoms with Crippen LogP contribution in [-0.4, -0.2) is 37.5 Å². The first-order valence-corrected chi connectivity index (χ1v) is 4.67. The summed E-state index contributed by atoms with van der Waals surface area (Å²) in [6, 6.07) is 0. The number of hydrogen-bond acceptors (Lipinski definition) is 2. The van der Waals surface area contributed by atoms with Crippen LogP contribution in [0.4, 0.5) is 0 Å². The van der Waals surface area contributed by atoms with Gasteiger partial charge in [0, 0.05) is 32.0 Å². The van der Waals surface area contributed by atoms with Crippen LogP contribution in [0, 0.1) is 5.41 Å². The van der Waals surface area contributed by atoms with Crippen LogP contribution in [0.5, 0.6) is 0 Å². The summed E-state index contributed by atoms with van der Waals surface area (Å²) >= 11 is 0. The minimum Gasteiger partial charge on any atom is -0.345 e. The van der Waals surface area contributed by atoms with Crippen LogP contribution in [-0.2, 0) is 4.79 Å². The Labute approximate surface area is 97.4 Å². The highest BCUT2D eigenvalue weighted by molar-refractivity contribution is 5.85. The number of piperidine rings is 1. The Kier molecular flexibility index (Phi) is 5.20. The summed E-state index contributed by atoms with van der Waals surface area (Å²) < 4.78 is 0. The van der Waals surface area contributed by atoms with E-state index >= 15 is 0 Å². The van der Waals surface area contributed by atoms with Crippen LogP contribution in [0.15, 0.2) is 0 Å². The third-order valence-corrected chi connectivity index (χ3v) is 3.09. The predicted molar refractivity (Wildman–Crippen MR) is 61.3 cm³/mol. The molecule has 0 aliphatic carbocycles. The second-order valence-electron chi connectivity index (χ2n) is 4.21. The molecule has 1 N–H and O–H groups in total. The van der Waals surface area contributed by atoms with Gasteiger partial charge in [0.25, 0.3) is 0 Å². The molecule has 2 fully saturated rings. The van der Waals surface area contributed by atoms with Crippen LogP contribution in [0.2, 0.25) is 0 Å². The number of rotatable bonds is 0. The number of amides is 1. The van der Waals surface area contributed by atoms with Gasteiger partial charge in [-0.2, -0.15) is 0 Å². The summed E-state index contributed by atoms with van der Waals surface area (Å²) in [7, 11) is 1.91. The molecular weight excluding hydrogens is 223 g/mol. The Hall–Kier alpha value is 0.01000. The van der Waals surface area contributed by atoms with E-state index in [1.54, 1.807) is 0 Å². The molecular formula is C9H18Cl2N2O. The summed E-state index contributed by atoms with van der Waals surface area (Å²) in [6.07, 6.45) is 3.20. The predicted octanol–water partition coefficient (Wildman–Crippen LogP) is 1.06. The lowest BCUT2D eigenvalue weighted by molar-refractivity contribution is -0.126. The topological polar surface area (TPSA) is 32.3 Å². The molecule has 84 valence electrons. The molecule has 0 aromatic carbocycles. The van der Waals surface area contributed by atoms with Crippen molar-refractivity contribution in [3.05, 3.63) is 0 Å². The fourth-order valence-electron chi connectivity index (χ4n) is 2.42. The zero-order chi connectivity index (χ0) is 8.60. The average Bonchev–Trinajstić information content (AvgIpc) is 2.29. The number of hydrogen-bond donors (Lipinski definition) is 1. The molecule has 0 bridgehead atoms. The zero-order valence-corrected chi connectivity index (χ0v) is 10.0. The number of likely N-dealkylation sites (tertiary alicyclic amines) is 1. The van der Waals surface area contributed by atoms with Gasteiger partial charge in [-0.25, -0.2) is 0 Å². The van der Waals surface area contributed by atoms with Gasteiger partial charge in [0.05, 0.1) is 0 Å². The summed E-state index contributed by atoms with van der Waals surface area (Å²) in [5, 5.41) is 3.38. The maximum atomic E-state index is 11.3. The second-order valence-corrected chi connectivity index (χ2v) is 4.21. The summed E-state index contributed by atoms with van der Waals surface area (Å²) in [5.41, 5.74) is 0.282. The number of carbonyl (C=O) groups excluding carboxylic acids is 1. The van der Waals surface area contributed by atoms with Crippen LogP contribution in [0.1, 0.15) is 19.3 Å². The Morgan fingerprint density at radius 3 is 2.57 bits per heavy atom. The van der Waals surface area contributed by atoms with Crippen molar-refractivity contribution in [2.24, 2.45) is 5.41 Å². The molecule has 2 heterocycles. The fourth-order valence-corrected chi connectivity index (χ4v) is 2.42. The van der Waals surface area contributed by atoms with Crippen molar-refractivity contribution in [3.8, 4) is 0 Å². The van der Waals surface area contributed by atoms with E-state index in [1.165, 1.54) is 12.8 Å². The molecule has 0 saturated carbocycles. The fraction of sp³-hybridized carbons (Fsp3) is 0.889. The van der Waals surface area contributed by atoms with E-state index < -0.39 is 0 Å². The van der Waals surface area contributed by atoms with Gasteiger partial charge < -0.3 is 10.2 Å². The largest absolute Gasteiger partial charge is 0.345 e. The quantitative estimate of drug-likeness (QED) is 0.687. The lowest BCUT2D eigenvalue weighted by atomic mass is 9.80. The first kappa shape index (κ1) is 14.0. The van der Waals surface area contributed by atoms with E-state index in [2.05, 4.69) is 5.32 Å². The summed E-state index contributed by atoms with van der Waals surface area (Å²) in [5.74, 6) is 0.318. The Balaban J connectivity index is 0.000000845. The van der Waals surface area contributed by atoms with Crippen molar-refractivity contribution in [3.63, 3.8) is 0 Å². The SMILES string of the molecule is CN1CC2(CCCNC2)CC1=O.Cl.Cl. The molecule has 1 amide bonds. The summed E-state index contributed by atoms with van der Waals surface area (Å²) in [6.45, 7) is 3.11. The Morgan fingerprint density at radius 2 is 2.14 bits per heavy atom. The lowest BCUT2D eigenvalue weighted by Gasteiger charge is -2.32. The van der Waals surface area contributed by atoms with Crippen molar-refractivity contribution in [1.82, 2.24) is 10.2 Å². The van der Waals surface area contributed by atoms with E-state index in [0.29, 0.717) is 5.91 Å². The molecule has 2 aliphatic rings. The van der Waals surface area contributed by atoms with E-state index in [-0.39, 0.29) is 30.2 Å². The molecule has 14 heavy (non-hydrogen) atoms. The van der Waals surface area contributed by atoms with Gasteiger partial charge in [0.1, 0.15) is 0 Å². The molecule has 1 spiro atoms. The van der Waals surface area contributed by atoms with Gasteiger partial charge in [0.2, 0.25) is 5.91 Å². The highest BCUT2D eigenvalue weighted by atomic mass is 35.5. The van der Waals surface area contributed by atoms with Gasteiger partial charge in [-0.15, -0.1) is 24.8 Å². The molecule has 3 nitrogen and oxygen atoms in total. The maximum Gasteiger partial charge on any atom is 0.223 e. The van der Waals surface area contributed by atoms with E-state index in [1.807, 2.05) is 11.9 Å². The van der Waals surface area contributed by atoms with E-state index in [9.17, 15) is 4.79 Å². The van der Waals surface area contributed by atoms with Gasteiger partial charge >= 0.3 is 0 Å². The van der Waals surface area contributed by atoms with Crippen molar-refractivity contribution in [2.45, 2.75) is 19.3 Å². The third-order valence-electron chi connectivity index (χ3n) is 3.09. The normalized spacial score (nSPS) is 31.2. The van der Waals surface area contributed by atoms with Gasteiger partial charge in [-0.05, 0) is 19.4 Å². The molecule has 2 rings (SSSR count). The molecule has 0 aromatic rings. The highest BCUT2D eigenvalue weighted by Gasteiger charge is 2.41. The van der Waals surface area contributed by atoms with E-state index in [4.69, 9.17) is 0 Å². The standard InChI is InChI=1S/C9H16N2O.2ClH/c1-11-7-9(5-8(11)12)3-2-4-10-6-9;;/h10H,2-7H2,1H3;2*1H. The molecule has 0 aromatic heterocycles. The average molecular weight is 241 g/mol. The molecule has 1 unspecified atom stereocenters. The Morgan fingerprint density at radius 1 is 1.43 bits per heavy atom. The molecule has 1 atom stereocenters. The number of nitrogens with one attached hydrogen (secondary N) is 1. The van der Waals surface area contributed by atoms with Gasteiger partial charge in [0.15, 0.2) is 0 Å². The first-order chi connectivity index (χ1) is 5.72. The van der Waals surface area contributed by atoms with Crippen molar-refractivity contribution in [2.75, 3.05) is 26.7 Å². The van der Waals surface area contributed by atoms with Crippen molar-refractivity contribution in [1.29, 1.82) is 0 Å². The highest BCUT2D eigenvalue weighted by Crippen LogP contribution is 2.36. The zero-order valence-electron chi connectivity index (χ0n) is 8.41. The van der Waals surface area contributed by atoms with Gasteiger partial charge in [-0.3, -0.25) is 4.79 Å².